The summed E-state index contributed by atoms with van der Waals surface area (Å²) in [6, 6.07) is 7.69. The maximum Gasteiger partial charge on any atom is 0.132 e. The van der Waals surface area contributed by atoms with E-state index in [0.29, 0.717) is 6.29 Å². The summed E-state index contributed by atoms with van der Waals surface area (Å²) < 4.78 is 16.9. The fourth-order valence-corrected chi connectivity index (χ4v) is 3.77. The molecule has 4 rings (SSSR count). The number of carbonyl (C=O) groups excluding carboxylic acids is 1. The van der Waals surface area contributed by atoms with Crippen LogP contribution in [0.25, 0.3) is 5.73 Å². The van der Waals surface area contributed by atoms with Gasteiger partial charge in [-0.3, -0.25) is 0 Å². The van der Waals surface area contributed by atoms with Gasteiger partial charge in [-0.1, -0.05) is 48.7 Å². The quantitative estimate of drug-likeness (QED) is 0.255. The van der Waals surface area contributed by atoms with Crippen molar-refractivity contribution in [2.24, 2.45) is 5.92 Å². The number of terminal acetylenes is 1. The van der Waals surface area contributed by atoms with E-state index in [1.54, 1.807) is 0 Å². The first-order valence-corrected chi connectivity index (χ1v) is 10.8. The van der Waals surface area contributed by atoms with Gasteiger partial charge in [0.1, 0.15) is 24.4 Å². The Balaban J connectivity index is 0.000000313. The SMILES string of the molecule is C#CCOCC([NH-])C=O.CNC1C2=C(CC(OCC3CCC3)C=C2)Oc2ccccc21.[Fm]. The normalized spacial score (nSPS) is 21.9. The van der Waals surface area contributed by atoms with Crippen LogP contribution in [0.5, 0.6) is 5.75 Å². The number of para-hydroxylation sites is 1. The summed E-state index contributed by atoms with van der Waals surface area (Å²) >= 11 is 0. The molecule has 1 aromatic rings. The first-order valence-electron chi connectivity index (χ1n) is 10.8. The van der Waals surface area contributed by atoms with Crippen molar-refractivity contribution in [3.8, 4) is 18.1 Å². The summed E-state index contributed by atoms with van der Waals surface area (Å²) in [4.78, 5) is 9.78. The van der Waals surface area contributed by atoms with E-state index < -0.39 is 6.04 Å². The number of fused-ring (bicyclic) bond motifs is 1. The van der Waals surface area contributed by atoms with Gasteiger partial charge in [-0.25, -0.2) is 0 Å². The monoisotopic (exact) mass is 680 g/mol. The Labute approximate surface area is 184 Å². The summed E-state index contributed by atoms with van der Waals surface area (Å²) in [5.74, 6) is 5.03. The van der Waals surface area contributed by atoms with Gasteiger partial charge in [0, 0.05) is 24.2 Å². The number of nitrogens with one attached hydrogen (secondary N) is 2. The number of rotatable bonds is 8. The van der Waals surface area contributed by atoms with Gasteiger partial charge in [0.2, 0.25) is 0 Å². The number of carbonyl (C=O) groups is 1. The van der Waals surface area contributed by atoms with Crippen LogP contribution in [0.15, 0.2) is 47.7 Å². The molecule has 0 radical (unpaired) electrons. The molecule has 1 saturated carbocycles. The van der Waals surface area contributed by atoms with Crippen LogP contribution in [0.4, 0.5) is 0 Å². The van der Waals surface area contributed by atoms with Crippen molar-refractivity contribution in [1.29, 1.82) is 0 Å². The fraction of sp³-hybridized carbons (Fsp3) is 0.480. The molecule has 0 amide bonds. The fourth-order valence-electron chi connectivity index (χ4n) is 3.77. The number of benzene rings is 1. The number of likely N-dealkylation sites (N-methyl/N-ethyl adjacent to an activating group) is 1. The number of hydrogen-bond donors (Lipinski definition) is 1. The molecule has 1 fully saturated rings. The predicted octanol–water partition coefficient (Wildman–Crippen LogP) is 3.99. The molecule has 32 heavy (non-hydrogen) atoms. The van der Waals surface area contributed by atoms with Gasteiger partial charge in [-0.15, -0.1) is 6.42 Å². The Morgan fingerprint density at radius 3 is 2.81 bits per heavy atom. The van der Waals surface area contributed by atoms with Gasteiger partial charge in [-0.05, 0) is 31.9 Å². The Morgan fingerprint density at radius 2 is 2.16 bits per heavy atom. The van der Waals surface area contributed by atoms with Gasteiger partial charge in [0.05, 0.1) is 18.8 Å². The molecule has 3 unspecified atom stereocenters. The molecule has 178 valence electrons. The van der Waals surface area contributed by atoms with Crippen molar-refractivity contribution in [1.82, 2.24) is 5.32 Å². The van der Waals surface area contributed by atoms with Crippen LogP contribution in [0.2, 0.25) is 0 Å². The van der Waals surface area contributed by atoms with Crippen LogP contribution in [-0.4, -0.2) is 45.3 Å². The van der Waals surface area contributed by atoms with Crippen LogP contribution < -0.4 is 10.1 Å². The largest absolute Gasteiger partial charge is 0.667 e. The molecule has 1 heterocycles. The van der Waals surface area contributed by atoms with Crippen LogP contribution in [0, 0.1) is 18.3 Å². The van der Waals surface area contributed by atoms with Crippen LogP contribution >= 0.6 is 0 Å². The topological polar surface area (TPSA) is 80.6 Å². The van der Waals surface area contributed by atoms with Gasteiger partial charge in [0.25, 0.3) is 0 Å². The van der Waals surface area contributed by atoms with Gasteiger partial charge in [0.15, 0.2) is 0 Å². The van der Waals surface area contributed by atoms with Crippen molar-refractivity contribution < 1.29 is 19.0 Å². The molecular formula is C25H31FmN2O4-. The molecular weight excluding hydrogens is 649 g/mol. The molecule has 1 aromatic carbocycles. The van der Waals surface area contributed by atoms with Crippen molar-refractivity contribution in [3.05, 3.63) is 59.0 Å². The summed E-state index contributed by atoms with van der Waals surface area (Å²) in [6.07, 6.45) is 14.7. The van der Waals surface area contributed by atoms with Crippen LogP contribution in [-0.2, 0) is 14.3 Å². The Kier molecular flexibility index (Phi) is 9.65. The number of ether oxygens (including phenoxy) is 3. The minimum absolute atomic E-state index is 0. The van der Waals surface area contributed by atoms with Gasteiger partial charge in [-0.2, -0.15) is 0 Å². The third kappa shape index (κ3) is 6.29. The van der Waals surface area contributed by atoms with E-state index in [0.717, 1.165) is 30.5 Å². The van der Waals surface area contributed by atoms with Gasteiger partial charge < -0.3 is 30.1 Å². The molecule has 7 heteroatoms. The van der Waals surface area contributed by atoms with Crippen molar-refractivity contribution in [2.45, 2.75) is 43.9 Å². The minimum atomic E-state index is -0.793. The zero-order chi connectivity index (χ0) is 22.1. The number of aldehydes is 1. The first-order chi connectivity index (χ1) is 15.2. The van der Waals surface area contributed by atoms with Crippen LogP contribution in [0.1, 0.15) is 37.3 Å². The van der Waals surface area contributed by atoms with E-state index in [-0.39, 0.29) is 25.4 Å². The van der Waals surface area contributed by atoms with E-state index >= 15 is 0 Å². The zero-order valence-electron chi connectivity index (χ0n) is 18.3. The zero-order valence-corrected chi connectivity index (χ0v) is 20.7. The van der Waals surface area contributed by atoms with Crippen molar-refractivity contribution >= 4 is 6.29 Å². The van der Waals surface area contributed by atoms with Crippen LogP contribution in [0.3, 0.4) is 0 Å². The minimum Gasteiger partial charge on any atom is -0.667 e. The third-order valence-corrected chi connectivity index (χ3v) is 5.68. The molecule has 6 nitrogen and oxygen atoms in total. The molecule has 0 saturated heterocycles. The average molecular weight is 681 g/mol. The number of hydrogen-bond acceptors (Lipinski definition) is 5. The van der Waals surface area contributed by atoms with Gasteiger partial charge >= 0.3 is 0 Å². The Hall–Kier alpha value is -3.43. The predicted molar refractivity (Wildman–Crippen MR) is 121 cm³/mol. The molecule has 2 aliphatic carbocycles. The van der Waals surface area contributed by atoms with E-state index in [9.17, 15) is 4.79 Å². The Bertz CT molecular complexity index is 845. The summed E-state index contributed by atoms with van der Waals surface area (Å²) in [5.41, 5.74) is 9.29. The Morgan fingerprint density at radius 1 is 1.38 bits per heavy atom. The molecule has 0 spiro atoms. The maximum atomic E-state index is 9.78. The molecule has 0 aromatic heterocycles. The molecule has 1 aliphatic heterocycles. The first kappa shape index (κ1) is 24.8. The van der Waals surface area contributed by atoms with E-state index in [2.05, 4.69) is 40.3 Å². The smallest absolute Gasteiger partial charge is 0.132 e. The third-order valence-electron chi connectivity index (χ3n) is 5.68. The second-order valence-electron chi connectivity index (χ2n) is 7.93. The second-order valence-corrected chi connectivity index (χ2v) is 7.93. The second kappa shape index (κ2) is 12.4. The summed E-state index contributed by atoms with van der Waals surface area (Å²) in [6.45, 7) is 1.15. The van der Waals surface area contributed by atoms with E-state index in [4.69, 9.17) is 21.6 Å². The summed E-state index contributed by atoms with van der Waals surface area (Å²) in [7, 11) is 2.00. The molecule has 3 aliphatic rings. The molecule has 0 bridgehead atoms. The van der Waals surface area contributed by atoms with E-state index in [1.165, 1.54) is 30.4 Å². The summed E-state index contributed by atoms with van der Waals surface area (Å²) in [5, 5.41) is 3.41. The maximum absolute atomic E-state index is 9.78. The van der Waals surface area contributed by atoms with Crippen molar-refractivity contribution in [2.75, 3.05) is 26.9 Å². The average Bonchev–Trinajstić information content (AvgIpc) is 2.76. The van der Waals surface area contributed by atoms with E-state index in [1.807, 2.05) is 19.2 Å². The standard InChI is InChI=1S/C19H23NO2.C6H8NO2.Fm/c1-20-19-15-7-2-3-8-17(15)22-18-11-14(9-10-16(18)19)21-12-13-5-4-6-13;1-2-3-9-5-6(7)4-8;/h2-3,7-10,13-14,19-20H,4-6,11-12H2,1H3;1,4,6-7H,3,5H2;/q;-1;. The van der Waals surface area contributed by atoms with Crippen molar-refractivity contribution in [3.63, 3.8) is 0 Å². The molecule has 2 N–H and O–H groups in total. The molecule has 3 atom stereocenters.